The largest absolute Gasteiger partial charge is 0.456 e. The SMILES string of the molecule is CC1(C)c2ccccc2-c2ccc(N(c3ccc(-c4ccccc4)cc3)c3ccc4c5c(cccc35)-c3cc(N(c5ccc(-c6ccccc6)cc5)c5ccc(-c6ccccc6)cc5)ccc3O4)cc21. The lowest BCUT2D eigenvalue weighted by Crippen LogP contribution is -2.16. The lowest BCUT2D eigenvalue weighted by molar-refractivity contribution is 0.487. The molecule has 0 amide bonds. The highest BCUT2D eigenvalue weighted by Crippen LogP contribution is 2.54. The molecular formula is C67H48N2O. The quantitative estimate of drug-likeness (QED) is 0.144. The number of rotatable bonds is 9. The average Bonchev–Trinajstić information content (AvgIpc) is 3.65. The summed E-state index contributed by atoms with van der Waals surface area (Å²) in [5.41, 5.74) is 20.9. The van der Waals surface area contributed by atoms with Gasteiger partial charge in [0, 0.05) is 50.2 Å². The number of anilines is 6. The minimum Gasteiger partial charge on any atom is -0.456 e. The van der Waals surface area contributed by atoms with Crippen LogP contribution in [0.15, 0.2) is 255 Å². The van der Waals surface area contributed by atoms with Crippen molar-refractivity contribution >= 4 is 44.9 Å². The van der Waals surface area contributed by atoms with Gasteiger partial charge in [0.2, 0.25) is 0 Å². The number of hydrogen-bond donors (Lipinski definition) is 0. The van der Waals surface area contributed by atoms with E-state index in [4.69, 9.17) is 4.74 Å². The lowest BCUT2D eigenvalue weighted by atomic mass is 9.82. The molecule has 0 aromatic heterocycles. The zero-order valence-electron chi connectivity index (χ0n) is 39.1. The van der Waals surface area contributed by atoms with Gasteiger partial charge in [-0.05, 0) is 140 Å². The third-order valence-corrected chi connectivity index (χ3v) is 14.5. The van der Waals surface area contributed by atoms with E-state index in [0.717, 1.165) is 67.5 Å². The molecule has 13 rings (SSSR count). The summed E-state index contributed by atoms with van der Waals surface area (Å²) >= 11 is 0. The number of fused-ring (bicyclic) bond motifs is 5. The molecule has 1 aliphatic heterocycles. The summed E-state index contributed by atoms with van der Waals surface area (Å²) in [6, 6.07) is 92.2. The molecule has 1 aliphatic carbocycles. The maximum absolute atomic E-state index is 6.92. The summed E-state index contributed by atoms with van der Waals surface area (Å²) in [5, 5.41) is 2.21. The summed E-state index contributed by atoms with van der Waals surface area (Å²) in [6.45, 7) is 4.71. The van der Waals surface area contributed by atoms with Crippen LogP contribution in [0.5, 0.6) is 11.5 Å². The number of ether oxygens (including phenoxy) is 1. The monoisotopic (exact) mass is 896 g/mol. The third kappa shape index (κ3) is 6.97. The minimum absolute atomic E-state index is 0.151. The summed E-state index contributed by atoms with van der Waals surface area (Å²) in [7, 11) is 0. The molecular weight excluding hydrogens is 849 g/mol. The molecule has 11 aromatic carbocycles. The van der Waals surface area contributed by atoms with E-state index >= 15 is 0 Å². The normalized spacial score (nSPS) is 12.7. The van der Waals surface area contributed by atoms with Crippen molar-refractivity contribution in [3.8, 4) is 67.1 Å². The summed E-state index contributed by atoms with van der Waals surface area (Å²) in [5.74, 6) is 1.69. The molecule has 0 radical (unpaired) electrons. The van der Waals surface area contributed by atoms with E-state index in [1.807, 2.05) is 0 Å². The first kappa shape index (κ1) is 41.3. The summed E-state index contributed by atoms with van der Waals surface area (Å²) < 4.78 is 6.92. The number of nitrogens with zero attached hydrogens (tertiary/aromatic N) is 2. The van der Waals surface area contributed by atoms with Crippen LogP contribution in [0.2, 0.25) is 0 Å². The summed E-state index contributed by atoms with van der Waals surface area (Å²) in [6.07, 6.45) is 0. The van der Waals surface area contributed by atoms with Crippen molar-refractivity contribution in [1.82, 2.24) is 0 Å². The van der Waals surface area contributed by atoms with Gasteiger partial charge < -0.3 is 14.5 Å². The van der Waals surface area contributed by atoms with Gasteiger partial charge in [-0.15, -0.1) is 0 Å². The van der Waals surface area contributed by atoms with E-state index in [9.17, 15) is 0 Å². The fourth-order valence-electron chi connectivity index (χ4n) is 10.9. The van der Waals surface area contributed by atoms with Gasteiger partial charge in [0.15, 0.2) is 0 Å². The van der Waals surface area contributed by atoms with Crippen molar-refractivity contribution in [1.29, 1.82) is 0 Å². The van der Waals surface area contributed by atoms with Crippen molar-refractivity contribution in [3.63, 3.8) is 0 Å². The van der Waals surface area contributed by atoms with E-state index < -0.39 is 0 Å². The van der Waals surface area contributed by atoms with Crippen molar-refractivity contribution in [3.05, 3.63) is 266 Å². The van der Waals surface area contributed by atoms with Crippen LogP contribution in [0, 0.1) is 0 Å². The first-order valence-corrected chi connectivity index (χ1v) is 24.2. The van der Waals surface area contributed by atoms with Gasteiger partial charge >= 0.3 is 0 Å². The molecule has 3 nitrogen and oxygen atoms in total. The lowest BCUT2D eigenvalue weighted by Gasteiger charge is -2.31. The Labute approximate surface area is 409 Å². The van der Waals surface area contributed by atoms with Crippen molar-refractivity contribution in [2.75, 3.05) is 9.80 Å². The highest BCUT2D eigenvalue weighted by Gasteiger charge is 2.36. The maximum Gasteiger partial charge on any atom is 0.136 e. The third-order valence-electron chi connectivity index (χ3n) is 14.5. The van der Waals surface area contributed by atoms with Crippen molar-refractivity contribution in [2.45, 2.75) is 19.3 Å². The predicted octanol–water partition coefficient (Wildman–Crippen LogP) is 18.9. The van der Waals surface area contributed by atoms with Gasteiger partial charge in [0.05, 0.1) is 5.69 Å². The topological polar surface area (TPSA) is 15.7 Å². The molecule has 0 N–H and O–H groups in total. The van der Waals surface area contributed by atoms with Gasteiger partial charge in [0.25, 0.3) is 0 Å². The Morgan fingerprint density at radius 1 is 0.300 bits per heavy atom. The van der Waals surface area contributed by atoms with Crippen LogP contribution in [-0.2, 0) is 5.41 Å². The van der Waals surface area contributed by atoms with E-state index in [0.29, 0.717) is 0 Å². The molecule has 2 aliphatic rings. The minimum atomic E-state index is -0.151. The van der Waals surface area contributed by atoms with Crippen molar-refractivity contribution < 1.29 is 4.74 Å². The van der Waals surface area contributed by atoms with Gasteiger partial charge in [0.1, 0.15) is 11.5 Å². The molecule has 3 heteroatoms. The highest BCUT2D eigenvalue weighted by molar-refractivity contribution is 6.11. The van der Waals surface area contributed by atoms with Crippen LogP contribution in [0.25, 0.3) is 66.4 Å². The molecule has 70 heavy (non-hydrogen) atoms. The zero-order valence-corrected chi connectivity index (χ0v) is 39.1. The van der Waals surface area contributed by atoms with Crippen LogP contribution in [0.1, 0.15) is 25.0 Å². The molecule has 11 aromatic rings. The smallest absolute Gasteiger partial charge is 0.136 e. The Bertz CT molecular complexity index is 3650. The Balaban J connectivity index is 0.947. The zero-order chi connectivity index (χ0) is 46.8. The van der Waals surface area contributed by atoms with Gasteiger partial charge in [-0.1, -0.05) is 190 Å². The van der Waals surface area contributed by atoms with Crippen LogP contribution in [0.3, 0.4) is 0 Å². The van der Waals surface area contributed by atoms with E-state index in [1.165, 1.54) is 55.6 Å². The molecule has 0 spiro atoms. The van der Waals surface area contributed by atoms with Crippen LogP contribution < -0.4 is 14.5 Å². The first-order valence-electron chi connectivity index (χ1n) is 24.2. The van der Waals surface area contributed by atoms with Crippen LogP contribution in [0.4, 0.5) is 34.1 Å². The number of hydrogen-bond acceptors (Lipinski definition) is 3. The van der Waals surface area contributed by atoms with Gasteiger partial charge in [-0.2, -0.15) is 0 Å². The number of benzene rings is 11. The van der Waals surface area contributed by atoms with E-state index in [2.05, 4.69) is 278 Å². The van der Waals surface area contributed by atoms with E-state index in [-0.39, 0.29) is 5.41 Å². The standard InChI is InChI=1S/C67H48N2O/c1-67(2)61-24-13-12-21-56(61)57-39-37-55(44-62(57)67)69(53-35-29-50(30-36-53)47-19-10-5-11-20-47)63-40-42-65-66-58(22-14-23-59(63)66)60-43-54(38-41-64(60)70-65)68(51-31-25-48(26-32-51)45-15-6-3-7-16-45)52-33-27-49(28-34-52)46-17-8-4-9-18-46/h3-44H,1-2H3. The fourth-order valence-corrected chi connectivity index (χ4v) is 10.9. The van der Waals surface area contributed by atoms with Gasteiger partial charge in [-0.25, -0.2) is 0 Å². The molecule has 0 saturated heterocycles. The Kier molecular flexibility index (Phi) is 9.85. The van der Waals surface area contributed by atoms with Gasteiger partial charge in [-0.3, -0.25) is 0 Å². The van der Waals surface area contributed by atoms with E-state index in [1.54, 1.807) is 0 Å². The molecule has 0 saturated carbocycles. The van der Waals surface area contributed by atoms with Crippen molar-refractivity contribution in [2.24, 2.45) is 0 Å². The Morgan fingerprint density at radius 3 is 1.33 bits per heavy atom. The molecule has 0 unspecified atom stereocenters. The Morgan fingerprint density at radius 2 is 0.743 bits per heavy atom. The highest BCUT2D eigenvalue weighted by atomic mass is 16.5. The summed E-state index contributed by atoms with van der Waals surface area (Å²) in [4.78, 5) is 4.78. The second-order valence-electron chi connectivity index (χ2n) is 18.9. The molecule has 1 heterocycles. The maximum atomic E-state index is 6.92. The second-order valence-corrected chi connectivity index (χ2v) is 18.9. The van der Waals surface area contributed by atoms with Crippen LogP contribution in [-0.4, -0.2) is 0 Å². The second kappa shape index (κ2) is 16.7. The fraction of sp³-hybridized carbons (Fsp3) is 0.0448. The molecule has 0 atom stereocenters. The first-order chi connectivity index (χ1) is 34.5. The Hall–Kier alpha value is -8.92. The molecule has 0 bridgehead atoms. The molecule has 332 valence electrons. The predicted molar refractivity (Wildman–Crippen MR) is 293 cm³/mol. The molecule has 0 fully saturated rings. The van der Waals surface area contributed by atoms with Crippen LogP contribution >= 0.6 is 0 Å². The average molecular weight is 897 g/mol.